The minimum Gasteiger partial charge on any atom is -0.487 e. The van der Waals surface area contributed by atoms with Crippen molar-refractivity contribution in [3.63, 3.8) is 0 Å². The highest BCUT2D eigenvalue weighted by atomic mass is 35.5. The van der Waals surface area contributed by atoms with Crippen LogP contribution in [0.5, 0.6) is 5.75 Å². The maximum absolute atomic E-state index is 7.73. The Bertz CT molecular complexity index is 799. The van der Waals surface area contributed by atoms with Gasteiger partial charge in [-0.1, -0.05) is 29.3 Å². The van der Waals surface area contributed by atoms with E-state index in [1.165, 1.54) is 6.21 Å². The summed E-state index contributed by atoms with van der Waals surface area (Å²) in [4.78, 5) is 4.23. The Kier molecular flexibility index (Phi) is 7.10. The normalized spacial score (nSPS) is 15.4. The predicted octanol–water partition coefficient (Wildman–Crippen LogP) is 4.30. The highest BCUT2D eigenvalue weighted by molar-refractivity contribution is 6.35. The van der Waals surface area contributed by atoms with Crippen molar-refractivity contribution in [3.05, 3.63) is 64.0 Å². The number of ether oxygens (including phenoxy) is 1. The van der Waals surface area contributed by atoms with Crippen molar-refractivity contribution in [2.75, 3.05) is 13.1 Å². The maximum Gasteiger partial charge on any atom is 0.138 e. The van der Waals surface area contributed by atoms with E-state index in [1.54, 1.807) is 30.6 Å². The van der Waals surface area contributed by atoms with E-state index in [0.717, 1.165) is 42.6 Å². The first-order chi connectivity index (χ1) is 13.2. The van der Waals surface area contributed by atoms with E-state index >= 15 is 0 Å². The number of rotatable bonds is 7. The molecule has 0 atom stereocenters. The van der Waals surface area contributed by atoms with Gasteiger partial charge in [0.15, 0.2) is 0 Å². The van der Waals surface area contributed by atoms with Gasteiger partial charge in [0.25, 0.3) is 0 Å². The van der Waals surface area contributed by atoms with Crippen LogP contribution >= 0.6 is 23.2 Å². The monoisotopic (exact) mass is 404 g/mol. The van der Waals surface area contributed by atoms with E-state index in [4.69, 9.17) is 33.3 Å². The molecule has 1 aliphatic heterocycles. The summed E-state index contributed by atoms with van der Waals surface area (Å²) in [6.45, 7) is 2.28. The quantitative estimate of drug-likeness (QED) is 0.601. The van der Waals surface area contributed by atoms with Crippen molar-refractivity contribution in [3.8, 4) is 5.75 Å². The van der Waals surface area contributed by atoms with Gasteiger partial charge in [0, 0.05) is 51.4 Å². The predicted molar refractivity (Wildman–Crippen MR) is 111 cm³/mol. The second-order valence-electron chi connectivity index (χ2n) is 6.33. The molecule has 2 heterocycles. The second kappa shape index (κ2) is 9.74. The molecule has 0 unspecified atom stereocenters. The minimum atomic E-state index is 0.251. The van der Waals surface area contributed by atoms with Crippen LogP contribution in [0.4, 0.5) is 0 Å². The molecule has 1 aromatic heterocycles. The molecule has 2 aromatic rings. The summed E-state index contributed by atoms with van der Waals surface area (Å²) in [6.07, 6.45) is 8.70. The number of benzene rings is 1. The van der Waals surface area contributed by atoms with Gasteiger partial charge in [0.05, 0.1) is 6.20 Å². The third kappa shape index (κ3) is 5.45. The standard InChI is InChI=1S/C20H22Cl2N4O/c21-19-2-1-3-20(22)18(19)13-27-17-8-14(10-25-12-17)15(9-23)11-26-16-4-6-24-7-5-16/h1-3,8-12,16,23-24,26H,4-7,13H2/b15-11+,23-9?. The summed E-state index contributed by atoms with van der Waals surface area (Å²) in [5, 5.41) is 15.6. The van der Waals surface area contributed by atoms with E-state index < -0.39 is 0 Å². The fourth-order valence-electron chi connectivity index (χ4n) is 2.89. The summed E-state index contributed by atoms with van der Waals surface area (Å²) in [7, 11) is 0. The summed E-state index contributed by atoms with van der Waals surface area (Å²) < 4.78 is 5.82. The number of nitrogens with zero attached hydrogens (tertiary/aromatic N) is 1. The van der Waals surface area contributed by atoms with Gasteiger partial charge in [-0.05, 0) is 44.1 Å². The SMILES string of the molecule is N=C/C(=C\NC1CCNCC1)c1cncc(OCc2c(Cl)cccc2Cl)c1. The Labute approximate surface area is 169 Å². The van der Waals surface area contributed by atoms with Gasteiger partial charge in [-0.15, -0.1) is 0 Å². The van der Waals surface area contributed by atoms with Gasteiger partial charge in [0.2, 0.25) is 0 Å². The Balaban J connectivity index is 1.68. The van der Waals surface area contributed by atoms with Crippen molar-refractivity contribution < 1.29 is 4.74 Å². The molecule has 1 fully saturated rings. The van der Waals surface area contributed by atoms with Crippen molar-refractivity contribution >= 4 is 35.0 Å². The molecule has 1 saturated heterocycles. The number of pyridine rings is 1. The summed E-state index contributed by atoms with van der Waals surface area (Å²) in [5.74, 6) is 0.595. The van der Waals surface area contributed by atoms with Gasteiger partial charge in [-0.3, -0.25) is 4.98 Å². The van der Waals surface area contributed by atoms with Crippen molar-refractivity contribution in [1.82, 2.24) is 15.6 Å². The number of allylic oxidation sites excluding steroid dienone is 1. The van der Waals surface area contributed by atoms with Crippen LogP contribution in [0, 0.1) is 5.41 Å². The molecule has 3 rings (SSSR count). The molecule has 0 aliphatic carbocycles. The highest BCUT2D eigenvalue weighted by Crippen LogP contribution is 2.26. The minimum absolute atomic E-state index is 0.251. The van der Waals surface area contributed by atoms with Crippen LogP contribution in [0.3, 0.4) is 0 Å². The molecular formula is C20H22Cl2N4O. The van der Waals surface area contributed by atoms with Crippen LogP contribution < -0.4 is 15.4 Å². The molecule has 0 amide bonds. The maximum atomic E-state index is 7.73. The number of hydrogen-bond acceptors (Lipinski definition) is 5. The third-order valence-corrected chi connectivity index (χ3v) is 5.17. The molecule has 27 heavy (non-hydrogen) atoms. The molecule has 5 nitrogen and oxygen atoms in total. The van der Waals surface area contributed by atoms with E-state index in [9.17, 15) is 0 Å². The smallest absolute Gasteiger partial charge is 0.138 e. The number of nitrogens with one attached hydrogen (secondary N) is 3. The van der Waals surface area contributed by atoms with Crippen molar-refractivity contribution in [2.45, 2.75) is 25.5 Å². The summed E-state index contributed by atoms with van der Waals surface area (Å²) in [6, 6.07) is 7.65. The Morgan fingerprint density at radius 1 is 1.26 bits per heavy atom. The number of aromatic nitrogens is 1. The van der Waals surface area contributed by atoms with Gasteiger partial charge in [0.1, 0.15) is 12.4 Å². The van der Waals surface area contributed by atoms with Crippen LogP contribution in [-0.2, 0) is 6.61 Å². The molecule has 7 heteroatoms. The Morgan fingerprint density at radius 3 is 2.70 bits per heavy atom. The van der Waals surface area contributed by atoms with Crippen LogP contribution in [0.2, 0.25) is 10.0 Å². The first kappa shape index (κ1) is 19.7. The molecule has 1 aliphatic rings. The molecule has 0 spiro atoms. The Hall–Kier alpha value is -2.08. The lowest BCUT2D eigenvalue weighted by molar-refractivity contribution is 0.305. The van der Waals surface area contributed by atoms with Crippen LogP contribution in [0.15, 0.2) is 42.9 Å². The van der Waals surface area contributed by atoms with Gasteiger partial charge < -0.3 is 20.8 Å². The topological polar surface area (TPSA) is 70.0 Å². The summed E-state index contributed by atoms with van der Waals surface area (Å²) >= 11 is 12.4. The molecule has 0 bridgehead atoms. The highest BCUT2D eigenvalue weighted by Gasteiger charge is 2.11. The second-order valence-corrected chi connectivity index (χ2v) is 7.15. The molecule has 0 radical (unpaired) electrons. The van der Waals surface area contributed by atoms with Crippen molar-refractivity contribution in [1.29, 1.82) is 5.41 Å². The molecule has 0 saturated carbocycles. The average Bonchev–Trinajstić information content (AvgIpc) is 2.69. The average molecular weight is 405 g/mol. The fraction of sp³-hybridized carbons (Fsp3) is 0.300. The largest absolute Gasteiger partial charge is 0.487 e. The number of hydrogen-bond donors (Lipinski definition) is 3. The van der Waals surface area contributed by atoms with Gasteiger partial charge in [-0.2, -0.15) is 0 Å². The van der Waals surface area contributed by atoms with E-state index in [-0.39, 0.29) is 6.61 Å². The molecule has 142 valence electrons. The van der Waals surface area contributed by atoms with E-state index in [1.807, 2.05) is 12.3 Å². The van der Waals surface area contributed by atoms with E-state index in [0.29, 0.717) is 21.8 Å². The van der Waals surface area contributed by atoms with Gasteiger partial charge >= 0.3 is 0 Å². The summed E-state index contributed by atoms with van der Waals surface area (Å²) in [5.41, 5.74) is 2.30. The third-order valence-electron chi connectivity index (χ3n) is 4.46. The van der Waals surface area contributed by atoms with Crippen LogP contribution in [0.1, 0.15) is 24.0 Å². The first-order valence-electron chi connectivity index (χ1n) is 8.86. The van der Waals surface area contributed by atoms with Crippen LogP contribution in [-0.4, -0.2) is 30.3 Å². The zero-order valence-corrected chi connectivity index (χ0v) is 16.4. The lowest BCUT2D eigenvalue weighted by atomic mass is 10.1. The number of halogens is 2. The van der Waals surface area contributed by atoms with E-state index in [2.05, 4.69) is 15.6 Å². The van der Waals surface area contributed by atoms with Gasteiger partial charge in [-0.25, -0.2) is 0 Å². The number of piperidine rings is 1. The zero-order chi connectivity index (χ0) is 19.1. The van der Waals surface area contributed by atoms with Crippen molar-refractivity contribution in [2.24, 2.45) is 0 Å². The Morgan fingerprint density at radius 2 is 2.00 bits per heavy atom. The lowest BCUT2D eigenvalue weighted by Gasteiger charge is -2.23. The zero-order valence-electron chi connectivity index (χ0n) is 14.8. The molecular weight excluding hydrogens is 383 g/mol. The van der Waals surface area contributed by atoms with Crippen LogP contribution in [0.25, 0.3) is 5.57 Å². The fourth-order valence-corrected chi connectivity index (χ4v) is 3.39. The first-order valence-corrected chi connectivity index (χ1v) is 9.61. The lowest BCUT2D eigenvalue weighted by Crippen LogP contribution is -2.37. The molecule has 1 aromatic carbocycles. The molecule has 3 N–H and O–H groups in total.